The Morgan fingerprint density at radius 2 is 1.38 bits per heavy atom. The van der Waals surface area contributed by atoms with Gasteiger partial charge in [0.25, 0.3) is 0 Å². The maximum Gasteiger partial charge on any atom is 0.148 e. The van der Waals surface area contributed by atoms with Gasteiger partial charge in [0.05, 0.1) is 15.3 Å². The predicted molar refractivity (Wildman–Crippen MR) is 249 cm³/mol. The quantitative estimate of drug-likeness (QED) is 0.161. The monoisotopic (exact) mass is 982 g/mol. The molecule has 0 atom stereocenters. The molecular formula is C54H51IrN3OS-2. The number of hydrogen-bond acceptors (Lipinski definition) is 5. The Morgan fingerprint density at radius 1 is 0.667 bits per heavy atom. The van der Waals surface area contributed by atoms with Gasteiger partial charge in [0.15, 0.2) is 0 Å². The van der Waals surface area contributed by atoms with Gasteiger partial charge < -0.3 is 14.4 Å². The number of benzene rings is 5. The maximum atomic E-state index is 6.64. The Kier molecular flexibility index (Phi) is 12.1. The summed E-state index contributed by atoms with van der Waals surface area (Å²) in [5, 5.41) is 3.28. The van der Waals surface area contributed by atoms with Crippen molar-refractivity contribution in [2.24, 2.45) is 5.41 Å². The van der Waals surface area contributed by atoms with Crippen LogP contribution in [0.1, 0.15) is 74.4 Å². The van der Waals surface area contributed by atoms with Gasteiger partial charge in [-0.1, -0.05) is 126 Å². The first kappa shape index (κ1) is 42.8. The molecule has 0 fully saturated rings. The van der Waals surface area contributed by atoms with Gasteiger partial charge in [0, 0.05) is 48.9 Å². The standard InChI is InChI=1S/C35H35N2OS.C19H16N.Ir/c1-20-11-9-12-21(2)29(20)26-19-36-27(17-22(26)18-34(3,4)5)25-14-10-13-23-24-15-16-28-30(32(24)38-31(23)25)37-33(39-28)35(6,7)8;1-14-8-10-17(11-9-14)19-12-18(15(2)13-20-19)16-6-4-3-5-7-16;/h9-13,15-17,19H,18H2,1-8H3;3-10,12-13H,1-2H3;/q2*-1;. The topological polar surface area (TPSA) is 51.8 Å². The summed E-state index contributed by atoms with van der Waals surface area (Å²) in [6.45, 7) is 22.0. The summed E-state index contributed by atoms with van der Waals surface area (Å²) in [6.07, 6.45) is 4.93. The minimum absolute atomic E-state index is 0. The van der Waals surface area contributed by atoms with Gasteiger partial charge in [0.2, 0.25) is 0 Å². The third-order valence-electron chi connectivity index (χ3n) is 10.7. The molecule has 0 saturated heterocycles. The van der Waals surface area contributed by atoms with Crippen molar-refractivity contribution >= 4 is 43.5 Å². The molecule has 5 aromatic carbocycles. The van der Waals surface area contributed by atoms with Crippen LogP contribution in [0.15, 0.2) is 120 Å². The normalized spacial score (nSPS) is 11.8. The first-order valence-electron chi connectivity index (χ1n) is 20.4. The molecule has 6 heteroatoms. The molecule has 1 radical (unpaired) electrons. The van der Waals surface area contributed by atoms with E-state index in [0.717, 1.165) is 66.1 Å². The second kappa shape index (κ2) is 17.0. The summed E-state index contributed by atoms with van der Waals surface area (Å²) in [6, 6.07) is 42.7. The van der Waals surface area contributed by atoms with Crippen molar-refractivity contribution < 1.29 is 24.5 Å². The average molecular weight is 982 g/mol. The first-order chi connectivity index (χ1) is 28.1. The van der Waals surface area contributed by atoms with Gasteiger partial charge >= 0.3 is 0 Å². The Labute approximate surface area is 372 Å². The van der Waals surface area contributed by atoms with E-state index >= 15 is 0 Å². The minimum Gasteiger partial charge on any atom is -0.498 e. The molecular weight excluding hydrogens is 931 g/mol. The second-order valence-corrected chi connectivity index (χ2v) is 19.0. The fourth-order valence-electron chi connectivity index (χ4n) is 7.78. The molecule has 4 aromatic heterocycles. The van der Waals surface area contributed by atoms with Crippen LogP contribution in [0.3, 0.4) is 0 Å². The summed E-state index contributed by atoms with van der Waals surface area (Å²) in [7, 11) is 0. The van der Waals surface area contributed by atoms with Crippen molar-refractivity contribution in [2.75, 3.05) is 0 Å². The van der Waals surface area contributed by atoms with Crippen LogP contribution in [0, 0.1) is 45.2 Å². The first-order valence-corrected chi connectivity index (χ1v) is 21.2. The van der Waals surface area contributed by atoms with E-state index in [1.54, 1.807) is 11.3 Å². The molecule has 0 N–H and O–H groups in total. The van der Waals surface area contributed by atoms with E-state index in [1.165, 1.54) is 50.1 Å². The van der Waals surface area contributed by atoms with Crippen LogP contribution in [0.25, 0.3) is 76.9 Å². The summed E-state index contributed by atoms with van der Waals surface area (Å²) in [5.41, 5.74) is 17.7. The van der Waals surface area contributed by atoms with Crippen molar-refractivity contribution in [3.63, 3.8) is 0 Å². The van der Waals surface area contributed by atoms with Gasteiger partial charge in [0.1, 0.15) is 11.1 Å². The van der Waals surface area contributed by atoms with Gasteiger partial charge in [-0.3, -0.25) is 0 Å². The largest absolute Gasteiger partial charge is 0.498 e. The second-order valence-electron chi connectivity index (χ2n) is 18.0. The van der Waals surface area contributed by atoms with Gasteiger partial charge in [-0.2, -0.15) is 0 Å². The van der Waals surface area contributed by atoms with Crippen LogP contribution in [0.5, 0.6) is 0 Å². The third kappa shape index (κ3) is 8.79. The van der Waals surface area contributed by atoms with Crippen LogP contribution in [0.2, 0.25) is 0 Å². The molecule has 4 heterocycles. The van der Waals surface area contributed by atoms with Crippen molar-refractivity contribution in [3.8, 4) is 44.8 Å². The van der Waals surface area contributed by atoms with E-state index in [0.29, 0.717) is 0 Å². The van der Waals surface area contributed by atoms with E-state index in [4.69, 9.17) is 14.4 Å². The SMILES string of the molecule is Cc1c[c-]c(-c2cc(-c3ccccc3)c(C)cn2)cc1.Cc1cccc(C)c1-c1cnc(-c2[c-]ccc3c2oc2c3ccc3sc(C(C)(C)C)nc32)cc1CC(C)(C)C.[Ir]. The van der Waals surface area contributed by atoms with E-state index in [1.807, 2.05) is 24.4 Å². The van der Waals surface area contributed by atoms with Crippen LogP contribution >= 0.6 is 11.3 Å². The molecule has 4 nitrogen and oxygen atoms in total. The summed E-state index contributed by atoms with van der Waals surface area (Å²) in [5.74, 6) is 0. The summed E-state index contributed by atoms with van der Waals surface area (Å²) >= 11 is 1.75. The Balaban J connectivity index is 0.000000218. The van der Waals surface area contributed by atoms with Crippen molar-refractivity contribution in [2.45, 2.75) is 81.1 Å². The zero-order valence-electron chi connectivity index (χ0n) is 36.2. The van der Waals surface area contributed by atoms with Crippen molar-refractivity contribution in [1.82, 2.24) is 15.0 Å². The van der Waals surface area contributed by atoms with Gasteiger partial charge in [-0.15, -0.1) is 64.9 Å². The molecule has 0 aliphatic carbocycles. The maximum absolute atomic E-state index is 6.64. The number of rotatable bonds is 5. The van der Waals surface area contributed by atoms with Crippen LogP contribution in [0.4, 0.5) is 0 Å². The molecule has 9 rings (SSSR count). The predicted octanol–water partition coefficient (Wildman–Crippen LogP) is 15.1. The van der Waals surface area contributed by atoms with Gasteiger partial charge in [-0.05, 0) is 89.0 Å². The third-order valence-corrected chi connectivity index (χ3v) is 12.2. The van der Waals surface area contributed by atoms with E-state index < -0.39 is 0 Å². The number of fused-ring (bicyclic) bond motifs is 5. The fourth-order valence-corrected chi connectivity index (χ4v) is 8.80. The molecule has 0 bridgehead atoms. The molecule has 0 spiro atoms. The van der Waals surface area contributed by atoms with E-state index in [2.05, 4.69) is 177 Å². The Bertz CT molecular complexity index is 2940. The van der Waals surface area contributed by atoms with Gasteiger partial charge in [-0.25, -0.2) is 4.98 Å². The number of furan rings is 1. The average Bonchev–Trinajstić information content (AvgIpc) is 3.82. The number of thiazole rings is 1. The molecule has 0 aliphatic heterocycles. The number of nitrogens with zero attached hydrogens (tertiary/aromatic N) is 3. The molecule has 60 heavy (non-hydrogen) atoms. The molecule has 305 valence electrons. The summed E-state index contributed by atoms with van der Waals surface area (Å²) in [4.78, 5) is 14.6. The minimum atomic E-state index is -0.00839. The molecule has 0 unspecified atom stereocenters. The molecule has 9 aromatic rings. The Hall–Kier alpha value is -5.26. The number of aryl methyl sites for hydroxylation is 4. The van der Waals surface area contributed by atoms with Crippen LogP contribution in [-0.4, -0.2) is 15.0 Å². The van der Waals surface area contributed by atoms with Crippen LogP contribution in [-0.2, 0) is 31.9 Å². The number of aromatic nitrogens is 3. The van der Waals surface area contributed by atoms with E-state index in [9.17, 15) is 0 Å². The zero-order valence-corrected chi connectivity index (χ0v) is 39.4. The smallest absolute Gasteiger partial charge is 0.148 e. The molecule has 0 saturated carbocycles. The molecule has 0 amide bonds. The number of hydrogen-bond donors (Lipinski definition) is 0. The summed E-state index contributed by atoms with van der Waals surface area (Å²) < 4.78 is 7.80. The van der Waals surface area contributed by atoms with Crippen molar-refractivity contribution in [1.29, 1.82) is 0 Å². The fraction of sp³-hybridized carbons (Fsp3) is 0.241. The number of pyridine rings is 2. The zero-order chi connectivity index (χ0) is 41.6. The van der Waals surface area contributed by atoms with Crippen molar-refractivity contribution in [3.05, 3.63) is 160 Å². The molecule has 0 aliphatic rings. The van der Waals surface area contributed by atoms with Crippen LogP contribution < -0.4 is 0 Å². The Morgan fingerprint density at radius 3 is 2.07 bits per heavy atom. The van der Waals surface area contributed by atoms with E-state index in [-0.39, 0.29) is 30.9 Å².